The summed E-state index contributed by atoms with van der Waals surface area (Å²) in [6.45, 7) is 0.512. The first-order valence-corrected chi connectivity index (χ1v) is 11.3. The molecule has 1 fully saturated rings. The van der Waals surface area contributed by atoms with Gasteiger partial charge >= 0.3 is 0 Å². The minimum absolute atomic E-state index is 0.114. The van der Waals surface area contributed by atoms with Crippen LogP contribution < -0.4 is 10.1 Å². The van der Waals surface area contributed by atoms with Crippen molar-refractivity contribution < 1.29 is 16.0 Å². The third-order valence-corrected chi connectivity index (χ3v) is 5.98. The molecule has 0 unspecified atom stereocenters. The van der Waals surface area contributed by atoms with E-state index in [-0.39, 0.29) is 24.9 Å². The average molecular weight is 464 g/mol. The molecule has 1 saturated heterocycles. The van der Waals surface area contributed by atoms with Gasteiger partial charge in [-0.05, 0) is 66.7 Å². The highest BCUT2D eigenvalue weighted by Gasteiger charge is 2.21. The summed E-state index contributed by atoms with van der Waals surface area (Å²) in [7, 11) is 1.60. The molecule has 6 heteroatoms. The third kappa shape index (κ3) is 5.23. The van der Waals surface area contributed by atoms with Gasteiger partial charge in [-0.1, -0.05) is 36.4 Å². The molecule has 2 heterocycles. The zero-order valence-corrected chi connectivity index (χ0v) is 19.1. The van der Waals surface area contributed by atoms with Gasteiger partial charge in [0.25, 0.3) is 0 Å². The number of hydrogen-bond acceptors (Lipinski definition) is 4. The average Bonchev–Trinajstić information content (AvgIpc) is 3.24. The number of halogens is 1. The van der Waals surface area contributed by atoms with E-state index in [4.69, 9.17) is 11.6 Å². The minimum atomic E-state index is -2.32. The summed E-state index contributed by atoms with van der Waals surface area (Å²) in [6, 6.07) is 18.7. The van der Waals surface area contributed by atoms with Crippen LogP contribution in [0.25, 0.3) is 11.0 Å². The SMILES string of the molecule is [2H]C1([2H])CN(CCc2ccc(OC)cc2)CC([2H])([2H])C1([2H])Nc1nc2ccccc2n1Cc1ccc(F)cc1. The number of para-hydroxylation sites is 2. The van der Waals surface area contributed by atoms with E-state index in [0.717, 1.165) is 22.4 Å². The van der Waals surface area contributed by atoms with E-state index < -0.39 is 18.8 Å². The second-order valence-electron chi connectivity index (χ2n) is 8.30. The molecule has 0 bridgehead atoms. The van der Waals surface area contributed by atoms with Crippen LogP contribution in [0.1, 0.15) is 30.7 Å². The molecule has 5 nitrogen and oxygen atoms in total. The second-order valence-corrected chi connectivity index (χ2v) is 8.30. The van der Waals surface area contributed by atoms with Gasteiger partial charge in [0.1, 0.15) is 11.6 Å². The van der Waals surface area contributed by atoms with Crippen molar-refractivity contribution in [2.24, 2.45) is 0 Å². The van der Waals surface area contributed by atoms with Gasteiger partial charge in [-0.2, -0.15) is 0 Å². The smallest absolute Gasteiger partial charge is 0.204 e. The van der Waals surface area contributed by atoms with Crippen molar-refractivity contribution in [3.05, 3.63) is 89.7 Å². The number of likely N-dealkylation sites (tertiary alicyclic amines) is 1. The number of benzene rings is 3. The van der Waals surface area contributed by atoms with E-state index >= 15 is 0 Å². The molecule has 4 aromatic rings. The lowest BCUT2D eigenvalue weighted by atomic mass is 10.0. The lowest BCUT2D eigenvalue weighted by Crippen LogP contribution is -2.40. The van der Waals surface area contributed by atoms with Crippen molar-refractivity contribution in [1.29, 1.82) is 0 Å². The topological polar surface area (TPSA) is 42.3 Å². The van der Waals surface area contributed by atoms with Crippen LogP contribution in [0, 0.1) is 5.82 Å². The van der Waals surface area contributed by atoms with Crippen molar-refractivity contribution >= 4 is 17.0 Å². The molecule has 1 aliphatic heterocycles. The summed E-state index contributed by atoms with van der Waals surface area (Å²) in [5, 5.41) is 2.89. The number of aromatic nitrogens is 2. The summed E-state index contributed by atoms with van der Waals surface area (Å²) >= 11 is 0. The van der Waals surface area contributed by atoms with Crippen molar-refractivity contribution in [3.8, 4) is 5.75 Å². The van der Waals surface area contributed by atoms with Crippen LogP contribution in [-0.2, 0) is 13.0 Å². The first kappa shape index (κ1) is 17.1. The van der Waals surface area contributed by atoms with Crippen LogP contribution in [-0.4, -0.2) is 47.2 Å². The number of anilines is 1. The Bertz CT molecular complexity index is 1420. The van der Waals surface area contributed by atoms with E-state index in [0.29, 0.717) is 25.0 Å². The summed E-state index contributed by atoms with van der Waals surface area (Å²) in [5.74, 6) is 0.590. The fourth-order valence-electron chi connectivity index (χ4n) is 4.04. The number of imidazole rings is 1. The van der Waals surface area contributed by atoms with E-state index in [1.165, 1.54) is 12.1 Å². The van der Waals surface area contributed by atoms with Crippen LogP contribution in [0.3, 0.4) is 0 Å². The molecule has 0 atom stereocenters. The Morgan fingerprint density at radius 3 is 2.47 bits per heavy atom. The number of methoxy groups -OCH3 is 1. The molecule has 5 rings (SSSR count). The molecule has 34 heavy (non-hydrogen) atoms. The molecule has 0 aliphatic carbocycles. The lowest BCUT2D eigenvalue weighted by Gasteiger charge is -2.32. The van der Waals surface area contributed by atoms with Crippen LogP contribution in [0.5, 0.6) is 5.75 Å². The first-order chi connectivity index (χ1) is 18.5. The van der Waals surface area contributed by atoms with Gasteiger partial charge in [0.15, 0.2) is 0 Å². The number of rotatable bonds is 8. The Kier molecular flexibility index (Phi) is 5.17. The fraction of sp³-hybridized carbons (Fsp3) is 0.321. The zero-order chi connectivity index (χ0) is 27.8. The predicted molar refractivity (Wildman–Crippen MR) is 135 cm³/mol. The number of piperidine rings is 1. The maximum Gasteiger partial charge on any atom is 0.204 e. The summed E-state index contributed by atoms with van der Waals surface area (Å²) in [4.78, 5) is 6.34. The van der Waals surface area contributed by atoms with Gasteiger partial charge in [-0.15, -0.1) is 0 Å². The van der Waals surface area contributed by atoms with Crippen LogP contribution in [0.2, 0.25) is 0 Å². The molecule has 0 amide bonds. The van der Waals surface area contributed by atoms with Crippen LogP contribution in [0.4, 0.5) is 10.3 Å². The molecule has 176 valence electrons. The molecule has 1 aromatic heterocycles. The maximum atomic E-state index is 13.5. The van der Waals surface area contributed by atoms with Gasteiger partial charge in [0, 0.05) is 31.1 Å². The van der Waals surface area contributed by atoms with Crippen molar-refractivity contribution in [2.75, 3.05) is 32.1 Å². The lowest BCUT2D eigenvalue weighted by molar-refractivity contribution is 0.221. The molecule has 3 aromatic carbocycles. The standard InChI is InChI=1S/C28H31FN4O/c1-34-25-12-8-21(9-13-25)14-17-32-18-15-24(16-19-32)30-28-31-26-4-2-3-5-27(26)33(28)20-22-6-10-23(29)11-7-22/h2-13,24H,14-20H2,1H3,(H,30,31)/i15D2,16D2,24D. The molecular weight excluding hydrogens is 427 g/mol. The summed E-state index contributed by atoms with van der Waals surface area (Å²) in [5.41, 5.74) is 3.20. The number of ether oxygens (including phenoxy) is 1. The number of hydrogen-bond donors (Lipinski definition) is 1. The molecule has 1 aliphatic rings. The van der Waals surface area contributed by atoms with Crippen molar-refractivity contribution in [1.82, 2.24) is 14.5 Å². The van der Waals surface area contributed by atoms with Gasteiger partial charge < -0.3 is 19.5 Å². The zero-order valence-electron chi connectivity index (χ0n) is 24.1. The van der Waals surface area contributed by atoms with E-state index in [9.17, 15) is 4.39 Å². The van der Waals surface area contributed by atoms with Gasteiger partial charge in [0.2, 0.25) is 5.95 Å². The molecular formula is C28H31FN4O. The largest absolute Gasteiger partial charge is 0.497 e. The molecule has 0 spiro atoms. The third-order valence-electron chi connectivity index (χ3n) is 5.98. The number of fused-ring (bicyclic) bond motifs is 1. The van der Waals surface area contributed by atoms with Crippen LogP contribution >= 0.6 is 0 Å². The van der Waals surface area contributed by atoms with Gasteiger partial charge in [-0.25, -0.2) is 9.37 Å². The predicted octanol–water partition coefficient (Wildman–Crippen LogP) is 5.35. The summed E-state index contributed by atoms with van der Waals surface area (Å²) < 4.78 is 65.0. The quantitative estimate of drug-likeness (QED) is 0.382. The van der Waals surface area contributed by atoms with E-state index in [1.54, 1.807) is 28.7 Å². The Balaban J connectivity index is 1.40. The second kappa shape index (κ2) is 10.3. The maximum absolute atomic E-state index is 13.5. The highest BCUT2D eigenvalue weighted by atomic mass is 19.1. The van der Waals surface area contributed by atoms with Gasteiger partial charge in [0.05, 0.1) is 26.1 Å². The molecule has 1 N–H and O–H groups in total. The monoisotopic (exact) mass is 463 g/mol. The molecule has 0 radical (unpaired) electrons. The Hall–Kier alpha value is -3.38. The van der Waals surface area contributed by atoms with E-state index in [2.05, 4.69) is 10.3 Å². The highest BCUT2D eigenvalue weighted by molar-refractivity contribution is 5.78. The fourth-order valence-corrected chi connectivity index (χ4v) is 4.04. The van der Waals surface area contributed by atoms with E-state index in [1.807, 2.05) is 48.5 Å². The van der Waals surface area contributed by atoms with Crippen LogP contribution in [0.15, 0.2) is 72.8 Å². The van der Waals surface area contributed by atoms with Gasteiger partial charge in [-0.3, -0.25) is 0 Å². The Labute approximate surface area is 207 Å². The van der Waals surface area contributed by atoms with Crippen molar-refractivity contribution in [3.63, 3.8) is 0 Å². The Morgan fingerprint density at radius 1 is 1.03 bits per heavy atom. The highest BCUT2D eigenvalue weighted by Crippen LogP contribution is 2.24. The normalized spacial score (nSPS) is 21.1. The number of nitrogens with one attached hydrogen (secondary N) is 1. The minimum Gasteiger partial charge on any atom is -0.497 e. The molecule has 0 saturated carbocycles. The van der Waals surface area contributed by atoms with Crippen molar-refractivity contribution in [2.45, 2.75) is 31.7 Å². The Morgan fingerprint density at radius 2 is 1.74 bits per heavy atom. The first-order valence-electron chi connectivity index (χ1n) is 13.8. The summed E-state index contributed by atoms with van der Waals surface area (Å²) in [6.07, 6.45) is -3.90. The number of nitrogens with zero attached hydrogens (tertiary/aromatic N) is 3.